The molecule has 0 bridgehead atoms. The summed E-state index contributed by atoms with van der Waals surface area (Å²) >= 11 is 6.83. The third kappa shape index (κ3) is 3.30. The van der Waals surface area contributed by atoms with Crippen LogP contribution < -0.4 is 0 Å². The largest absolute Gasteiger partial charge is 0.381 e. The number of rotatable bonds is 3. The van der Waals surface area contributed by atoms with Gasteiger partial charge >= 0.3 is 0 Å². The van der Waals surface area contributed by atoms with Gasteiger partial charge in [-0.1, -0.05) is 37.9 Å². The van der Waals surface area contributed by atoms with E-state index in [2.05, 4.69) is 31.9 Å². The van der Waals surface area contributed by atoms with Crippen LogP contribution in [0.15, 0.2) is 22.7 Å². The van der Waals surface area contributed by atoms with Crippen LogP contribution in [0.4, 0.5) is 4.39 Å². The second-order valence-corrected chi connectivity index (χ2v) is 6.18. The summed E-state index contributed by atoms with van der Waals surface area (Å²) in [5.74, 6) is -0.134. The molecular formula is C13H15Br2FO. The molecule has 0 N–H and O–H groups in total. The van der Waals surface area contributed by atoms with Gasteiger partial charge in [0.2, 0.25) is 0 Å². The van der Waals surface area contributed by atoms with E-state index in [1.165, 1.54) is 6.07 Å². The Hall–Kier alpha value is 0.0700. The Kier molecular flexibility index (Phi) is 4.61. The van der Waals surface area contributed by atoms with Gasteiger partial charge in [0.25, 0.3) is 0 Å². The Morgan fingerprint density at radius 1 is 1.41 bits per heavy atom. The van der Waals surface area contributed by atoms with Gasteiger partial charge in [0.05, 0.1) is 6.61 Å². The van der Waals surface area contributed by atoms with Gasteiger partial charge in [0.1, 0.15) is 5.82 Å². The van der Waals surface area contributed by atoms with Crippen molar-refractivity contribution >= 4 is 31.9 Å². The molecule has 0 radical (unpaired) electrons. The number of benzene rings is 1. The number of ether oxygens (including phenoxy) is 1. The van der Waals surface area contributed by atoms with Crippen LogP contribution in [-0.2, 0) is 11.2 Å². The molecule has 94 valence electrons. The van der Waals surface area contributed by atoms with E-state index in [-0.39, 0.29) is 11.2 Å². The molecule has 1 saturated heterocycles. The van der Waals surface area contributed by atoms with Crippen molar-refractivity contribution < 1.29 is 9.13 Å². The number of halogens is 3. The van der Waals surface area contributed by atoms with E-state index >= 15 is 0 Å². The predicted molar refractivity (Wildman–Crippen MR) is 74.1 cm³/mol. The third-order valence-corrected chi connectivity index (χ3v) is 4.95. The van der Waals surface area contributed by atoms with Gasteiger partial charge in [-0.05, 0) is 37.0 Å². The summed E-state index contributed by atoms with van der Waals surface area (Å²) in [5, 5.41) is 0.857. The van der Waals surface area contributed by atoms with Crippen molar-refractivity contribution in [3.05, 3.63) is 34.1 Å². The lowest BCUT2D eigenvalue weighted by Crippen LogP contribution is -2.35. The molecule has 1 aromatic carbocycles. The van der Waals surface area contributed by atoms with Crippen molar-refractivity contribution in [3.8, 4) is 0 Å². The highest BCUT2D eigenvalue weighted by Gasteiger charge is 2.32. The first-order valence-corrected chi connectivity index (χ1v) is 7.64. The van der Waals surface area contributed by atoms with Crippen molar-refractivity contribution in [2.24, 2.45) is 5.41 Å². The van der Waals surface area contributed by atoms with Gasteiger partial charge < -0.3 is 4.74 Å². The highest BCUT2D eigenvalue weighted by atomic mass is 79.9. The van der Waals surface area contributed by atoms with Crippen LogP contribution in [0.3, 0.4) is 0 Å². The summed E-state index contributed by atoms with van der Waals surface area (Å²) in [4.78, 5) is 0. The van der Waals surface area contributed by atoms with Crippen LogP contribution in [0.5, 0.6) is 0 Å². The number of hydrogen-bond donors (Lipinski definition) is 0. The summed E-state index contributed by atoms with van der Waals surface area (Å²) in [6.45, 7) is 1.55. The molecule has 0 spiro atoms. The summed E-state index contributed by atoms with van der Waals surface area (Å²) in [5.41, 5.74) is 0.825. The molecule has 0 amide bonds. The van der Waals surface area contributed by atoms with E-state index in [1.807, 2.05) is 12.1 Å². The van der Waals surface area contributed by atoms with Crippen LogP contribution in [-0.4, -0.2) is 18.5 Å². The summed E-state index contributed by atoms with van der Waals surface area (Å²) in [6, 6.07) is 5.28. The molecule has 1 aliphatic rings. The van der Waals surface area contributed by atoms with Crippen molar-refractivity contribution in [2.45, 2.75) is 19.3 Å². The minimum absolute atomic E-state index is 0.0485. The van der Waals surface area contributed by atoms with E-state index < -0.39 is 0 Å². The second-order valence-electron chi connectivity index (χ2n) is 4.70. The van der Waals surface area contributed by atoms with Crippen molar-refractivity contribution in [1.82, 2.24) is 0 Å². The SMILES string of the molecule is Fc1cc(Br)ccc1CC1(CBr)CCCOC1. The second kappa shape index (κ2) is 5.81. The normalized spacial score (nSPS) is 24.9. The van der Waals surface area contributed by atoms with Gasteiger partial charge in [-0.25, -0.2) is 4.39 Å². The third-order valence-electron chi connectivity index (χ3n) is 3.27. The predicted octanol–water partition coefficient (Wildman–Crippen LogP) is 4.32. The molecule has 17 heavy (non-hydrogen) atoms. The van der Waals surface area contributed by atoms with Gasteiger partial charge in [-0.3, -0.25) is 0 Å². The maximum absolute atomic E-state index is 13.8. The summed E-state index contributed by atoms with van der Waals surface area (Å²) < 4.78 is 20.2. The standard InChI is InChI=1S/C13H15Br2FO/c14-8-13(4-1-5-17-9-13)7-10-2-3-11(15)6-12(10)16/h2-3,6H,1,4-5,7-9H2. The molecule has 1 heterocycles. The van der Waals surface area contributed by atoms with E-state index in [0.29, 0.717) is 6.61 Å². The highest BCUT2D eigenvalue weighted by Crippen LogP contribution is 2.35. The van der Waals surface area contributed by atoms with Crippen molar-refractivity contribution in [1.29, 1.82) is 0 Å². The highest BCUT2D eigenvalue weighted by molar-refractivity contribution is 9.10. The Bertz CT molecular complexity index is 389. The van der Waals surface area contributed by atoms with Crippen LogP contribution in [0.2, 0.25) is 0 Å². The molecule has 4 heteroatoms. The Morgan fingerprint density at radius 3 is 2.82 bits per heavy atom. The lowest BCUT2D eigenvalue weighted by Gasteiger charge is -2.35. The monoisotopic (exact) mass is 364 g/mol. The number of hydrogen-bond acceptors (Lipinski definition) is 1. The first kappa shape index (κ1) is 13.5. The van der Waals surface area contributed by atoms with Crippen LogP contribution in [0, 0.1) is 11.2 Å². The summed E-state index contributed by atoms with van der Waals surface area (Å²) in [6.07, 6.45) is 2.88. The van der Waals surface area contributed by atoms with Gasteiger partial charge in [-0.15, -0.1) is 0 Å². The molecule has 0 aliphatic carbocycles. The summed E-state index contributed by atoms with van der Waals surface area (Å²) in [7, 11) is 0. The zero-order chi connectivity index (χ0) is 12.3. The lowest BCUT2D eigenvalue weighted by atomic mass is 9.79. The maximum Gasteiger partial charge on any atom is 0.127 e. The number of alkyl halides is 1. The van der Waals surface area contributed by atoms with E-state index in [4.69, 9.17) is 4.74 Å². The molecule has 0 aromatic heterocycles. The molecule has 1 aromatic rings. The maximum atomic E-state index is 13.8. The molecule has 1 aliphatic heterocycles. The molecule has 1 nitrogen and oxygen atoms in total. The topological polar surface area (TPSA) is 9.23 Å². The molecular weight excluding hydrogens is 351 g/mol. The first-order valence-electron chi connectivity index (χ1n) is 5.73. The van der Waals surface area contributed by atoms with Gasteiger partial charge in [0.15, 0.2) is 0 Å². The van der Waals surface area contributed by atoms with E-state index in [0.717, 1.165) is 41.2 Å². The van der Waals surface area contributed by atoms with Crippen LogP contribution >= 0.6 is 31.9 Å². The van der Waals surface area contributed by atoms with Crippen LogP contribution in [0.25, 0.3) is 0 Å². The van der Waals surface area contributed by atoms with E-state index in [1.54, 1.807) is 0 Å². The van der Waals surface area contributed by atoms with Crippen LogP contribution in [0.1, 0.15) is 18.4 Å². The van der Waals surface area contributed by atoms with Gasteiger partial charge in [-0.2, -0.15) is 0 Å². The average molecular weight is 366 g/mol. The zero-order valence-corrected chi connectivity index (χ0v) is 12.7. The smallest absolute Gasteiger partial charge is 0.127 e. The lowest BCUT2D eigenvalue weighted by molar-refractivity contribution is 0.00577. The van der Waals surface area contributed by atoms with Crippen molar-refractivity contribution in [3.63, 3.8) is 0 Å². The molecule has 2 rings (SSSR count). The molecule has 1 atom stereocenters. The Balaban J connectivity index is 2.17. The minimum atomic E-state index is -0.134. The van der Waals surface area contributed by atoms with Crippen molar-refractivity contribution in [2.75, 3.05) is 18.5 Å². The zero-order valence-electron chi connectivity index (χ0n) is 9.52. The fourth-order valence-electron chi connectivity index (χ4n) is 2.27. The quantitative estimate of drug-likeness (QED) is 0.724. The van der Waals surface area contributed by atoms with E-state index in [9.17, 15) is 4.39 Å². The molecule has 0 saturated carbocycles. The fourth-order valence-corrected chi connectivity index (χ4v) is 3.24. The Morgan fingerprint density at radius 2 is 2.24 bits per heavy atom. The molecule has 1 fully saturated rings. The minimum Gasteiger partial charge on any atom is -0.381 e. The average Bonchev–Trinajstić information content (AvgIpc) is 2.34. The Labute approximate surface area is 118 Å². The first-order chi connectivity index (χ1) is 8.15. The molecule has 1 unspecified atom stereocenters. The van der Waals surface area contributed by atoms with Gasteiger partial charge in [0, 0.05) is 21.8 Å². The fraction of sp³-hybridized carbons (Fsp3) is 0.538.